The van der Waals surface area contributed by atoms with Gasteiger partial charge in [0, 0.05) is 13.1 Å². The van der Waals surface area contributed by atoms with Crippen LogP contribution >= 0.6 is 0 Å². The van der Waals surface area contributed by atoms with Crippen LogP contribution < -0.4 is 0 Å². The van der Waals surface area contributed by atoms with Crippen molar-refractivity contribution in [1.29, 1.82) is 0 Å². The highest BCUT2D eigenvalue weighted by molar-refractivity contribution is 4.59. The fraction of sp³-hybridized carbons (Fsp3) is 1.00. The van der Waals surface area contributed by atoms with Crippen molar-refractivity contribution in [2.24, 2.45) is 0 Å². The van der Waals surface area contributed by atoms with Crippen LogP contribution in [-0.4, -0.2) is 72.5 Å². The summed E-state index contributed by atoms with van der Waals surface area (Å²) < 4.78 is 0. The molecular formula is C11H26N2O2. The van der Waals surface area contributed by atoms with Gasteiger partial charge < -0.3 is 15.1 Å². The Morgan fingerprint density at radius 3 is 1.60 bits per heavy atom. The Bertz CT molecular complexity index is 124. The van der Waals surface area contributed by atoms with Gasteiger partial charge in [-0.25, -0.2) is 0 Å². The highest BCUT2D eigenvalue weighted by Crippen LogP contribution is 1.95. The van der Waals surface area contributed by atoms with Gasteiger partial charge in [-0.3, -0.25) is 4.90 Å². The van der Waals surface area contributed by atoms with E-state index in [0.717, 1.165) is 32.6 Å². The minimum absolute atomic E-state index is 0.172. The summed E-state index contributed by atoms with van der Waals surface area (Å²) in [5.74, 6) is 0. The summed E-state index contributed by atoms with van der Waals surface area (Å²) in [5.41, 5.74) is 0. The third kappa shape index (κ3) is 7.73. The SMILES string of the molecule is CCN(CC)CCCN(CCO)CCO. The molecule has 0 unspecified atom stereocenters. The van der Waals surface area contributed by atoms with Gasteiger partial charge in [-0.1, -0.05) is 13.8 Å². The van der Waals surface area contributed by atoms with Crippen LogP contribution in [0, 0.1) is 0 Å². The van der Waals surface area contributed by atoms with Crippen molar-refractivity contribution >= 4 is 0 Å². The molecule has 92 valence electrons. The van der Waals surface area contributed by atoms with Crippen molar-refractivity contribution < 1.29 is 10.2 Å². The fourth-order valence-electron chi connectivity index (χ4n) is 1.68. The van der Waals surface area contributed by atoms with E-state index < -0.39 is 0 Å². The van der Waals surface area contributed by atoms with Gasteiger partial charge in [-0.15, -0.1) is 0 Å². The maximum Gasteiger partial charge on any atom is 0.0558 e. The van der Waals surface area contributed by atoms with E-state index in [0.29, 0.717) is 13.1 Å². The first-order chi connectivity index (χ1) is 7.28. The van der Waals surface area contributed by atoms with Crippen molar-refractivity contribution in [3.63, 3.8) is 0 Å². The number of hydrogen-bond acceptors (Lipinski definition) is 4. The Labute approximate surface area is 93.5 Å². The Hall–Kier alpha value is -0.160. The Kier molecular flexibility index (Phi) is 10.3. The predicted molar refractivity (Wildman–Crippen MR) is 63.0 cm³/mol. The molecular weight excluding hydrogens is 192 g/mol. The molecule has 0 saturated heterocycles. The average Bonchev–Trinajstić information content (AvgIpc) is 2.25. The van der Waals surface area contributed by atoms with Gasteiger partial charge >= 0.3 is 0 Å². The minimum Gasteiger partial charge on any atom is -0.395 e. The molecule has 0 aliphatic rings. The molecule has 0 spiro atoms. The van der Waals surface area contributed by atoms with Crippen molar-refractivity contribution in [3.8, 4) is 0 Å². The van der Waals surface area contributed by atoms with E-state index in [2.05, 4.69) is 23.6 Å². The van der Waals surface area contributed by atoms with Gasteiger partial charge in [0.25, 0.3) is 0 Å². The highest BCUT2D eigenvalue weighted by atomic mass is 16.3. The van der Waals surface area contributed by atoms with Gasteiger partial charge in [-0.2, -0.15) is 0 Å². The second-order valence-electron chi connectivity index (χ2n) is 3.67. The van der Waals surface area contributed by atoms with Crippen LogP contribution in [0.2, 0.25) is 0 Å². The molecule has 0 aromatic carbocycles. The summed E-state index contributed by atoms with van der Waals surface area (Å²) in [6.07, 6.45) is 1.10. The summed E-state index contributed by atoms with van der Waals surface area (Å²) in [7, 11) is 0. The quantitative estimate of drug-likeness (QED) is 0.542. The van der Waals surface area contributed by atoms with E-state index in [1.165, 1.54) is 0 Å². The van der Waals surface area contributed by atoms with Crippen LogP contribution in [0.3, 0.4) is 0 Å². The number of aliphatic hydroxyl groups is 2. The van der Waals surface area contributed by atoms with Crippen LogP contribution in [0.4, 0.5) is 0 Å². The molecule has 0 saturated carbocycles. The number of aliphatic hydroxyl groups excluding tert-OH is 2. The molecule has 0 aliphatic heterocycles. The Morgan fingerprint density at radius 1 is 0.733 bits per heavy atom. The lowest BCUT2D eigenvalue weighted by molar-refractivity contribution is 0.154. The smallest absolute Gasteiger partial charge is 0.0558 e. The third-order valence-electron chi connectivity index (χ3n) is 2.68. The van der Waals surface area contributed by atoms with Crippen LogP contribution in [-0.2, 0) is 0 Å². The van der Waals surface area contributed by atoms with E-state index >= 15 is 0 Å². The van der Waals surface area contributed by atoms with Gasteiger partial charge in [-0.05, 0) is 32.6 Å². The molecule has 4 nitrogen and oxygen atoms in total. The van der Waals surface area contributed by atoms with Crippen LogP contribution in [0.5, 0.6) is 0 Å². The molecule has 0 atom stereocenters. The Morgan fingerprint density at radius 2 is 1.20 bits per heavy atom. The summed E-state index contributed by atoms with van der Waals surface area (Å²) in [6, 6.07) is 0. The van der Waals surface area contributed by atoms with Crippen molar-refractivity contribution in [2.75, 3.05) is 52.5 Å². The summed E-state index contributed by atoms with van der Waals surface area (Å²) in [5, 5.41) is 17.7. The first-order valence-electron chi connectivity index (χ1n) is 5.94. The first-order valence-corrected chi connectivity index (χ1v) is 5.94. The topological polar surface area (TPSA) is 46.9 Å². The largest absolute Gasteiger partial charge is 0.395 e. The number of hydrogen-bond donors (Lipinski definition) is 2. The maximum atomic E-state index is 8.83. The molecule has 4 heteroatoms. The molecule has 0 aliphatic carbocycles. The normalized spacial score (nSPS) is 11.6. The van der Waals surface area contributed by atoms with E-state index in [4.69, 9.17) is 10.2 Å². The van der Waals surface area contributed by atoms with Gasteiger partial charge in [0.2, 0.25) is 0 Å². The zero-order chi connectivity index (χ0) is 11.5. The molecule has 0 rings (SSSR count). The van der Waals surface area contributed by atoms with Crippen molar-refractivity contribution in [2.45, 2.75) is 20.3 Å². The van der Waals surface area contributed by atoms with Gasteiger partial charge in [0.15, 0.2) is 0 Å². The van der Waals surface area contributed by atoms with Crippen LogP contribution in [0.15, 0.2) is 0 Å². The highest BCUT2D eigenvalue weighted by Gasteiger charge is 2.04. The van der Waals surface area contributed by atoms with Gasteiger partial charge in [0.1, 0.15) is 0 Å². The lowest BCUT2D eigenvalue weighted by Crippen LogP contribution is -2.33. The molecule has 0 bridgehead atoms. The fourth-order valence-corrected chi connectivity index (χ4v) is 1.68. The van der Waals surface area contributed by atoms with E-state index in [-0.39, 0.29) is 13.2 Å². The van der Waals surface area contributed by atoms with E-state index in [1.807, 2.05) is 0 Å². The molecule has 0 amide bonds. The molecule has 0 aromatic rings. The summed E-state index contributed by atoms with van der Waals surface area (Å²) in [6.45, 7) is 10.3. The van der Waals surface area contributed by atoms with Crippen LogP contribution in [0.1, 0.15) is 20.3 Å². The van der Waals surface area contributed by atoms with Gasteiger partial charge in [0.05, 0.1) is 13.2 Å². The summed E-state index contributed by atoms with van der Waals surface area (Å²) >= 11 is 0. The second-order valence-corrected chi connectivity index (χ2v) is 3.67. The van der Waals surface area contributed by atoms with Crippen molar-refractivity contribution in [3.05, 3.63) is 0 Å². The first kappa shape index (κ1) is 14.8. The lowest BCUT2D eigenvalue weighted by Gasteiger charge is -2.23. The minimum atomic E-state index is 0.172. The molecule has 0 heterocycles. The lowest BCUT2D eigenvalue weighted by atomic mass is 10.3. The predicted octanol–water partition coefficient (Wildman–Crippen LogP) is 0.00490. The zero-order valence-corrected chi connectivity index (χ0v) is 10.2. The third-order valence-corrected chi connectivity index (χ3v) is 2.68. The average molecular weight is 218 g/mol. The number of nitrogens with zero attached hydrogens (tertiary/aromatic N) is 2. The molecule has 0 aromatic heterocycles. The van der Waals surface area contributed by atoms with E-state index in [9.17, 15) is 0 Å². The summed E-state index contributed by atoms with van der Waals surface area (Å²) in [4.78, 5) is 4.49. The maximum absolute atomic E-state index is 8.83. The monoisotopic (exact) mass is 218 g/mol. The molecule has 2 N–H and O–H groups in total. The second kappa shape index (κ2) is 10.4. The standard InChI is InChI=1S/C11H26N2O2/c1-3-12(4-2)6-5-7-13(8-10-14)9-11-15/h14-15H,3-11H2,1-2H3. The number of rotatable bonds is 10. The van der Waals surface area contributed by atoms with E-state index in [1.54, 1.807) is 0 Å². The van der Waals surface area contributed by atoms with Crippen LogP contribution in [0.25, 0.3) is 0 Å². The molecule has 0 fully saturated rings. The van der Waals surface area contributed by atoms with Crippen molar-refractivity contribution in [1.82, 2.24) is 9.80 Å². The Balaban J connectivity index is 3.59. The zero-order valence-electron chi connectivity index (χ0n) is 10.2. The molecule has 0 radical (unpaired) electrons. The molecule has 15 heavy (non-hydrogen) atoms.